The summed E-state index contributed by atoms with van der Waals surface area (Å²) in [6.07, 6.45) is 8.24. The standard InChI is InChI=1S/C32H35N5O5/c1-31(19-24-20-34-27-10-4-3-9-26(24)27,36-30(39)42-21-23-12-14-25(15-13-23)37(40)41)29(38)35-22-32(16-6-2-7-17-32)28-11-5-8-18-33-28/h3-5,8-15,18,20,34H,2,6-7,16-17,19,21-22H2,1H3,(H,35,38)(H,36,39)/t31-/m0/s1. The highest BCUT2D eigenvalue weighted by Gasteiger charge is 2.40. The minimum atomic E-state index is -1.34. The maximum atomic E-state index is 14.0. The minimum absolute atomic E-state index is 0.0485. The first-order chi connectivity index (χ1) is 20.3. The number of non-ortho nitro benzene ring substituents is 1. The Morgan fingerprint density at radius 3 is 2.50 bits per heavy atom. The average molecular weight is 570 g/mol. The molecule has 3 N–H and O–H groups in total. The summed E-state index contributed by atoms with van der Waals surface area (Å²) in [6, 6.07) is 19.5. The number of pyridine rings is 1. The molecule has 10 nitrogen and oxygen atoms in total. The number of ether oxygens (including phenoxy) is 1. The first kappa shape index (κ1) is 28.8. The molecule has 0 unspecified atom stereocenters. The highest BCUT2D eigenvalue weighted by Crippen LogP contribution is 2.38. The second kappa shape index (κ2) is 12.4. The summed E-state index contributed by atoms with van der Waals surface area (Å²) in [5.41, 5.74) is 1.73. The molecule has 0 saturated heterocycles. The second-order valence-electron chi connectivity index (χ2n) is 11.2. The molecule has 218 valence electrons. The maximum Gasteiger partial charge on any atom is 0.408 e. The van der Waals surface area contributed by atoms with Gasteiger partial charge >= 0.3 is 6.09 Å². The summed E-state index contributed by atoms with van der Waals surface area (Å²) < 4.78 is 5.45. The van der Waals surface area contributed by atoms with Crippen LogP contribution in [0.4, 0.5) is 10.5 Å². The quantitative estimate of drug-likeness (QED) is 0.165. The van der Waals surface area contributed by atoms with Crippen molar-refractivity contribution in [3.63, 3.8) is 0 Å². The number of H-pyrrole nitrogens is 1. The third-order valence-corrected chi connectivity index (χ3v) is 8.22. The van der Waals surface area contributed by atoms with Gasteiger partial charge in [-0.1, -0.05) is 43.5 Å². The van der Waals surface area contributed by atoms with E-state index in [-0.39, 0.29) is 30.0 Å². The Morgan fingerprint density at radius 1 is 1.05 bits per heavy atom. The van der Waals surface area contributed by atoms with Crippen molar-refractivity contribution in [2.75, 3.05) is 6.54 Å². The van der Waals surface area contributed by atoms with Gasteiger partial charge < -0.3 is 20.4 Å². The van der Waals surface area contributed by atoms with Crippen LogP contribution in [0.5, 0.6) is 0 Å². The third kappa shape index (κ3) is 6.43. The molecule has 1 aliphatic rings. The van der Waals surface area contributed by atoms with Crippen LogP contribution in [-0.4, -0.2) is 39.0 Å². The fourth-order valence-electron chi connectivity index (χ4n) is 5.84. The zero-order valence-corrected chi connectivity index (χ0v) is 23.6. The molecule has 2 amide bonds. The molecule has 2 heterocycles. The fourth-order valence-corrected chi connectivity index (χ4v) is 5.84. The van der Waals surface area contributed by atoms with Crippen LogP contribution < -0.4 is 10.6 Å². The van der Waals surface area contributed by atoms with Gasteiger partial charge in [0.15, 0.2) is 0 Å². The molecular weight excluding hydrogens is 534 g/mol. The molecule has 0 spiro atoms. The highest BCUT2D eigenvalue weighted by atomic mass is 16.6. The molecule has 1 fully saturated rings. The molecule has 0 bridgehead atoms. The van der Waals surface area contributed by atoms with Crippen molar-refractivity contribution in [3.8, 4) is 0 Å². The lowest BCUT2D eigenvalue weighted by atomic mass is 9.71. The van der Waals surface area contributed by atoms with E-state index in [4.69, 9.17) is 4.74 Å². The first-order valence-electron chi connectivity index (χ1n) is 14.2. The van der Waals surface area contributed by atoms with E-state index in [1.807, 2.05) is 48.7 Å². The summed E-state index contributed by atoms with van der Waals surface area (Å²) >= 11 is 0. The van der Waals surface area contributed by atoms with Gasteiger partial charge in [-0.15, -0.1) is 0 Å². The van der Waals surface area contributed by atoms with Crippen LogP contribution in [0.2, 0.25) is 0 Å². The van der Waals surface area contributed by atoms with Gasteiger partial charge in [0, 0.05) is 59.5 Å². The number of aromatic amines is 1. The molecule has 0 radical (unpaired) electrons. The van der Waals surface area contributed by atoms with Crippen molar-refractivity contribution in [3.05, 3.63) is 106 Å². The minimum Gasteiger partial charge on any atom is -0.445 e. The van der Waals surface area contributed by atoms with Crippen molar-refractivity contribution in [2.24, 2.45) is 0 Å². The maximum absolute atomic E-state index is 14.0. The number of alkyl carbamates (subject to hydrolysis) is 1. The number of nitrogens with zero attached hydrogens (tertiary/aromatic N) is 2. The number of nitro benzene ring substituents is 1. The predicted octanol–water partition coefficient (Wildman–Crippen LogP) is 5.72. The number of carbonyl (C=O) groups is 2. The molecular formula is C32H35N5O5. The largest absolute Gasteiger partial charge is 0.445 e. The molecule has 2 aromatic carbocycles. The van der Waals surface area contributed by atoms with Gasteiger partial charge in [0.2, 0.25) is 5.91 Å². The van der Waals surface area contributed by atoms with E-state index in [0.29, 0.717) is 12.1 Å². The number of rotatable bonds is 10. The van der Waals surface area contributed by atoms with E-state index in [1.165, 1.54) is 24.3 Å². The lowest BCUT2D eigenvalue weighted by Crippen LogP contribution is -2.59. The predicted molar refractivity (Wildman–Crippen MR) is 159 cm³/mol. The van der Waals surface area contributed by atoms with Gasteiger partial charge in [0.1, 0.15) is 12.1 Å². The Balaban J connectivity index is 1.34. The fraction of sp³-hybridized carbons (Fsp3) is 0.344. The molecule has 0 aliphatic heterocycles. The Kier molecular flexibility index (Phi) is 8.51. The normalized spacial score (nSPS) is 15.8. The van der Waals surface area contributed by atoms with Crippen LogP contribution in [0.1, 0.15) is 55.8 Å². The number of nitrogens with one attached hydrogen (secondary N) is 3. The number of hydrogen-bond donors (Lipinski definition) is 3. The van der Waals surface area contributed by atoms with Crippen LogP contribution in [-0.2, 0) is 28.0 Å². The molecule has 4 aromatic rings. The summed E-state index contributed by atoms with van der Waals surface area (Å²) in [5, 5.41) is 17.9. The summed E-state index contributed by atoms with van der Waals surface area (Å²) in [7, 11) is 0. The van der Waals surface area contributed by atoms with E-state index in [9.17, 15) is 19.7 Å². The summed E-state index contributed by atoms with van der Waals surface area (Å²) in [4.78, 5) is 45.4. The number of amides is 2. The number of benzene rings is 2. The van der Waals surface area contributed by atoms with Gasteiger partial charge in [-0.05, 0) is 61.2 Å². The zero-order valence-electron chi connectivity index (χ0n) is 23.6. The Labute approximate surface area is 244 Å². The highest BCUT2D eigenvalue weighted by molar-refractivity contribution is 5.91. The smallest absolute Gasteiger partial charge is 0.408 e. The number of hydrogen-bond acceptors (Lipinski definition) is 6. The van der Waals surface area contributed by atoms with Crippen LogP contribution >= 0.6 is 0 Å². The average Bonchev–Trinajstić information content (AvgIpc) is 3.42. The van der Waals surface area contributed by atoms with Crippen LogP contribution in [0.25, 0.3) is 10.9 Å². The van der Waals surface area contributed by atoms with Gasteiger partial charge in [-0.2, -0.15) is 0 Å². The van der Waals surface area contributed by atoms with Crippen LogP contribution in [0, 0.1) is 10.1 Å². The van der Waals surface area contributed by atoms with E-state index in [1.54, 1.807) is 13.1 Å². The molecule has 1 atom stereocenters. The molecule has 1 aliphatic carbocycles. The zero-order chi connectivity index (χ0) is 29.6. The monoisotopic (exact) mass is 569 g/mol. The Hall–Kier alpha value is -4.73. The van der Waals surface area contributed by atoms with E-state index >= 15 is 0 Å². The first-order valence-corrected chi connectivity index (χ1v) is 14.2. The van der Waals surface area contributed by atoms with Crippen molar-refractivity contribution >= 4 is 28.6 Å². The Morgan fingerprint density at radius 2 is 1.79 bits per heavy atom. The number of nitro groups is 1. The van der Waals surface area contributed by atoms with Gasteiger partial charge in [-0.3, -0.25) is 19.9 Å². The molecule has 1 saturated carbocycles. The van der Waals surface area contributed by atoms with Gasteiger partial charge in [0.05, 0.1) is 4.92 Å². The van der Waals surface area contributed by atoms with E-state index < -0.39 is 16.6 Å². The van der Waals surface area contributed by atoms with Crippen LogP contribution in [0.15, 0.2) is 79.1 Å². The number of carbonyl (C=O) groups excluding carboxylic acids is 2. The summed E-state index contributed by atoms with van der Waals surface area (Å²) in [6.45, 7) is 2.01. The lowest BCUT2D eigenvalue weighted by Gasteiger charge is -2.38. The van der Waals surface area contributed by atoms with Crippen molar-refractivity contribution < 1.29 is 19.2 Å². The molecule has 5 rings (SSSR count). The number of para-hydroxylation sites is 1. The molecule has 42 heavy (non-hydrogen) atoms. The Bertz CT molecular complexity index is 1550. The molecule has 10 heteroatoms. The van der Waals surface area contributed by atoms with E-state index in [0.717, 1.165) is 54.3 Å². The van der Waals surface area contributed by atoms with Crippen molar-refractivity contribution in [2.45, 2.75) is 63.0 Å². The SMILES string of the molecule is C[C@@](Cc1c[nH]c2ccccc12)(NC(=O)OCc1ccc([N+](=O)[O-])cc1)C(=O)NCC1(c2ccccn2)CCCCC1. The third-order valence-electron chi connectivity index (χ3n) is 8.22. The molecule has 2 aromatic heterocycles. The van der Waals surface area contributed by atoms with E-state index in [2.05, 4.69) is 20.6 Å². The van der Waals surface area contributed by atoms with Crippen LogP contribution in [0.3, 0.4) is 0 Å². The number of aromatic nitrogens is 2. The van der Waals surface area contributed by atoms with Gasteiger partial charge in [0.25, 0.3) is 5.69 Å². The second-order valence-corrected chi connectivity index (χ2v) is 11.2. The van der Waals surface area contributed by atoms with Crippen molar-refractivity contribution in [1.82, 2.24) is 20.6 Å². The topological polar surface area (TPSA) is 139 Å². The number of fused-ring (bicyclic) bond motifs is 1. The van der Waals surface area contributed by atoms with Gasteiger partial charge in [-0.25, -0.2) is 4.79 Å². The lowest BCUT2D eigenvalue weighted by molar-refractivity contribution is -0.384. The van der Waals surface area contributed by atoms with Crippen molar-refractivity contribution in [1.29, 1.82) is 0 Å². The summed E-state index contributed by atoms with van der Waals surface area (Å²) in [5.74, 6) is -0.319.